The normalized spacial score (nSPS) is 14.8. The van der Waals surface area contributed by atoms with Gasteiger partial charge in [-0.15, -0.1) is 0 Å². The van der Waals surface area contributed by atoms with Crippen molar-refractivity contribution in [2.24, 2.45) is 5.41 Å². The minimum Gasteiger partial charge on any atom is -0.479 e. The Morgan fingerprint density at radius 1 is 1.18 bits per heavy atom. The largest absolute Gasteiger partial charge is 0.479 e. The van der Waals surface area contributed by atoms with Crippen molar-refractivity contribution in [2.75, 3.05) is 32.3 Å². The summed E-state index contributed by atoms with van der Waals surface area (Å²) in [5, 5.41) is 8.98. The molecule has 2 atom stereocenters. The molecular weight excluding hydrogens is 448 g/mol. The first-order valence-corrected chi connectivity index (χ1v) is 12.8. The maximum absolute atomic E-state index is 13.0. The number of hydrazine groups is 1. The molecule has 10 heteroatoms. The maximum atomic E-state index is 13.0. The summed E-state index contributed by atoms with van der Waals surface area (Å²) >= 11 is 0. The molecule has 0 aliphatic heterocycles. The molecule has 0 heterocycles. The van der Waals surface area contributed by atoms with E-state index in [1.807, 2.05) is 26.8 Å². The van der Waals surface area contributed by atoms with Gasteiger partial charge in [0.05, 0.1) is 30.6 Å². The summed E-state index contributed by atoms with van der Waals surface area (Å²) in [4.78, 5) is 24.7. The Balaban J connectivity index is 3.06. The van der Waals surface area contributed by atoms with E-state index in [1.54, 1.807) is 32.2 Å². The lowest BCUT2D eigenvalue weighted by Crippen LogP contribution is -2.47. The smallest absolute Gasteiger partial charge is 0.346 e. The number of rotatable bonds is 14. The summed E-state index contributed by atoms with van der Waals surface area (Å²) in [6.45, 7) is 6.75. The second-order valence-corrected chi connectivity index (χ2v) is 11.4. The van der Waals surface area contributed by atoms with Crippen LogP contribution in [0.5, 0.6) is 5.75 Å². The topological polar surface area (TPSA) is 131 Å². The molecule has 188 valence electrons. The third kappa shape index (κ3) is 8.94. The van der Waals surface area contributed by atoms with Gasteiger partial charge in [-0.2, -0.15) is 0 Å². The van der Waals surface area contributed by atoms with E-state index in [1.165, 1.54) is 7.11 Å². The van der Waals surface area contributed by atoms with Crippen LogP contribution in [0.25, 0.3) is 0 Å². The molecule has 1 rings (SSSR count). The monoisotopic (exact) mass is 486 g/mol. The minimum absolute atomic E-state index is 0.0330. The van der Waals surface area contributed by atoms with Crippen LogP contribution in [0, 0.1) is 5.41 Å². The van der Waals surface area contributed by atoms with E-state index in [9.17, 15) is 18.0 Å². The van der Waals surface area contributed by atoms with Crippen LogP contribution in [0.2, 0.25) is 0 Å². The number of carbonyl (C=O) groups is 2. The van der Waals surface area contributed by atoms with Gasteiger partial charge in [0.2, 0.25) is 5.91 Å². The Morgan fingerprint density at radius 2 is 1.85 bits per heavy atom. The van der Waals surface area contributed by atoms with Crippen molar-refractivity contribution < 1.29 is 32.6 Å². The summed E-state index contributed by atoms with van der Waals surface area (Å²) in [5.41, 5.74) is 4.58. The number of carbonyl (C=O) groups excluding carboxylic acids is 2. The lowest BCUT2D eigenvalue weighted by atomic mass is 9.75. The molecule has 1 aromatic rings. The number of ether oxygens (including phenoxy) is 2. The molecule has 0 bridgehead atoms. The minimum atomic E-state index is -3.35. The Labute approximate surface area is 197 Å². The zero-order valence-electron chi connectivity index (χ0n) is 20.4. The van der Waals surface area contributed by atoms with Crippen molar-refractivity contribution in [3.8, 4) is 5.75 Å². The number of amides is 1. The molecule has 0 aromatic heterocycles. The SMILES string of the molecule is CNNC(=O)C(C)(CCCC(C)(C)CS(=O)(=O)CCO)c1cccc(OC(C)C(=O)OC)c1. The highest BCUT2D eigenvalue weighted by molar-refractivity contribution is 7.91. The maximum Gasteiger partial charge on any atom is 0.346 e. The standard InChI is InChI=1S/C23H38N2O7S/c1-17(20(27)31-6)32-19-10-7-9-18(15-19)23(4,21(28)25-24-5)12-8-11-22(2,3)16-33(29,30)14-13-26/h7,9-10,15,17,24,26H,8,11-14,16H2,1-6H3,(H,25,28). The average molecular weight is 487 g/mol. The van der Waals surface area contributed by atoms with Crippen LogP contribution in [0.1, 0.15) is 52.5 Å². The molecule has 0 aliphatic rings. The van der Waals surface area contributed by atoms with Crippen molar-refractivity contribution in [3.63, 3.8) is 0 Å². The molecule has 0 radical (unpaired) electrons. The molecule has 2 unspecified atom stereocenters. The molecule has 0 saturated heterocycles. The van der Waals surface area contributed by atoms with E-state index in [2.05, 4.69) is 10.9 Å². The van der Waals surface area contributed by atoms with E-state index in [0.717, 1.165) is 0 Å². The highest BCUT2D eigenvalue weighted by Gasteiger charge is 2.36. The Kier molecular flexibility index (Phi) is 10.8. The summed E-state index contributed by atoms with van der Waals surface area (Å²) in [6, 6.07) is 7.01. The van der Waals surface area contributed by atoms with Gasteiger partial charge in [0.15, 0.2) is 15.9 Å². The molecule has 1 amide bonds. The summed E-state index contributed by atoms with van der Waals surface area (Å²) < 4.78 is 34.6. The van der Waals surface area contributed by atoms with Gasteiger partial charge in [0, 0.05) is 7.05 Å². The zero-order valence-corrected chi connectivity index (χ0v) is 21.3. The van der Waals surface area contributed by atoms with Gasteiger partial charge in [-0.05, 0) is 49.8 Å². The van der Waals surface area contributed by atoms with E-state index < -0.39 is 39.3 Å². The highest BCUT2D eigenvalue weighted by atomic mass is 32.2. The number of esters is 1. The number of hydrogen-bond acceptors (Lipinski definition) is 8. The van der Waals surface area contributed by atoms with Gasteiger partial charge in [0.1, 0.15) is 5.75 Å². The number of benzene rings is 1. The van der Waals surface area contributed by atoms with E-state index in [0.29, 0.717) is 30.6 Å². The van der Waals surface area contributed by atoms with Crippen LogP contribution in [0.4, 0.5) is 0 Å². The second kappa shape index (κ2) is 12.3. The van der Waals surface area contributed by atoms with Crippen LogP contribution >= 0.6 is 0 Å². The predicted octanol–water partition coefficient (Wildman–Crippen LogP) is 1.74. The van der Waals surface area contributed by atoms with E-state index >= 15 is 0 Å². The Hall–Kier alpha value is -2.17. The Morgan fingerprint density at radius 3 is 2.42 bits per heavy atom. The van der Waals surface area contributed by atoms with Crippen molar-refractivity contribution in [1.29, 1.82) is 0 Å². The van der Waals surface area contributed by atoms with Gasteiger partial charge < -0.3 is 14.6 Å². The third-order valence-corrected chi connectivity index (χ3v) is 7.63. The molecule has 0 fully saturated rings. The molecule has 3 N–H and O–H groups in total. The van der Waals surface area contributed by atoms with Gasteiger partial charge in [0.25, 0.3) is 0 Å². The van der Waals surface area contributed by atoms with E-state index in [-0.39, 0.29) is 17.4 Å². The fraction of sp³-hybridized carbons (Fsp3) is 0.652. The first-order chi connectivity index (χ1) is 15.3. The van der Waals surface area contributed by atoms with Crippen molar-refractivity contribution in [2.45, 2.75) is 58.5 Å². The molecule has 0 aliphatic carbocycles. The molecule has 0 saturated carbocycles. The van der Waals surface area contributed by atoms with Crippen molar-refractivity contribution in [1.82, 2.24) is 10.9 Å². The van der Waals surface area contributed by atoms with Crippen LogP contribution in [0.3, 0.4) is 0 Å². The van der Waals surface area contributed by atoms with E-state index in [4.69, 9.17) is 14.6 Å². The second-order valence-electron chi connectivity index (χ2n) is 9.18. The molecule has 33 heavy (non-hydrogen) atoms. The van der Waals surface area contributed by atoms with Gasteiger partial charge in [-0.3, -0.25) is 10.2 Å². The quantitative estimate of drug-likeness (QED) is 0.268. The van der Waals surface area contributed by atoms with Crippen molar-refractivity contribution in [3.05, 3.63) is 29.8 Å². The Bertz CT molecular complexity index is 902. The van der Waals surface area contributed by atoms with Crippen LogP contribution in [-0.4, -0.2) is 63.8 Å². The van der Waals surface area contributed by atoms with Crippen molar-refractivity contribution >= 4 is 21.7 Å². The van der Waals surface area contributed by atoms with Gasteiger partial charge in [-0.25, -0.2) is 18.6 Å². The summed E-state index contributed by atoms with van der Waals surface area (Å²) in [5.74, 6) is -0.600. The molecule has 9 nitrogen and oxygen atoms in total. The van der Waals surface area contributed by atoms with Gasteiger partial charge >= 0.3 is 5.97 Å². The highest BCUT2D eigenvalue weighted by Crippen LogP contribution is 2.35. The number of nitrogens with one attached hydrogen (secondary N) is 2. The van der Waals surface area contributed by atoms with Gasteiger partial charge in [-0.1, -0.05) is 32.4 Å². The number of sulfone groups is 1. The average Bonchev–Trinajstić information content (AvgIpc) is 2.72. The fourth-order valence-corrected chi connectivity index (χ4v) is 5.53. The summed E-state index contributed by atoms with van der Waals surface area (Å²) in [7, 11) is -0.464. The molecule has 1 aromatic carbocycles. The van der Waals surface area contributed by atoms with Crippen LogP contribution < -0.4 is 15.6 Å². The number of aliphatic hydroxyl groups is 1. The van der Waals surface area contributed by atoms with Crippen LogP contribution in [-0.2, 0) is 29.6 Å². The fourth-order valence-electron chi connectivity index (χ4n) is 3.77. The lowest BCUT2D eigenvalue weighted by molar-refractivity contribution is -0.147. The zero-order chi connectivity index (χ0) is 25.3. The molecular formula is C23H38N2O7S. The first kappa shape index (κ1) is 28.9. The van der Waals surface area contributed by atoms with Crippen LogP contribution in [0.15, 0.2) is 24.3 Å². The number of aliphatic hydroxyl groups excluding tert-OH is 1. The first-order valence-electron chi connectivity index (χ1n) is 10.9. The number of methoxy groups -OCH3 is 1. The predicted molar refractivity (Wildman–Crippen MR) is 126 cm³/mol. The summed E-state index contributed by atoms with van der Waals surface area (Å²) in [6.07, 6.45) is 0.832. The molecule has 0 spiro atoms. The lowest BCUT2D eigenvalue weighted by Gasteiger charge is -2.31. The third-order valence-electron chi connectivity index (χ3n) is 5.60. The number of hydrogen-bond donors (Lipinski definition) is 3.